The van der Waals surface area contributed by atoms with E-state index in [1.54, 1.807) is 11.3 Å². The molecule has 0 saturated heterocycles. The second-order valence-corrected chi connectivity index (χ2v) is 5.13. The van der Waals surface area contributed by atoms with E-state index in [1.165, 1.54) is 16.0 Å². The summed E-state index contributed by atoms with van der Waals surface area (Å²) in [5, 5.41) is 1.99. The molecule has 2 N–H and O–H groups in total. The Morgan fingerprint density at radius 2 is 1.86 bits per heavy atom. The molecule has 0 unspecified atom stereocenters. The zero-order valence-corrected chi connectivity index (χ0v) is 10.2. The molecule has 0 spiro atoms. The molecule has 1 heterocycles. The van der Waals surface area contributed by atoms with Crippen LogP contribution in [0.25, 0.3) is 11.1 Å². The minimum absolute atomic E-state index is 0.870. The monoisotopic (exact) mass is 267 g/mol. The summed E-state index contributed by atoms with van der Waals surface area (Å²) in [6, 6.07) is 8.22. The van der Waals surface area contributed by atoms with Crippen molar-refractivity contribution in [1.29, 1.82) is 0 Å². The van der Waals surface area contributed by atoms with Crippen molar-refractivity contribution >= 4 is 33.0 Å². The predicted molar refractivity (Wildman–Crippen MR) is 66.6 cm³/mol. The van der Waals surface area contributed by atoms with Crippen molar-refractivity contribution < 1.29 is 0 Å². The van der Waals surface area contributed by atoms with E-state index in [0.29, 0.717) is 0 Å². The summed E-state index contributed by atoms with van der Waals surface area (Å²) in [5.74, 6) is 0. The first kappa shape index (κ1) is 9.74. The van der Waals surface area contributed by atoms with Gasteiger partial charge in [-0.25, -0.2) is 0 Å². The fourth-order valence-corrected chi connectivity index (χ4v) is 2.50. The van der Waals surface area contributed by atoms with E-state index < -0.39 is 0 Å². The first-order valence-corrected chi connectivity index (χ1v) is 5.95. The van der Waals surface area contributed by atoms with Crippen molar-refractivity contribution in [3.8, 4) is 11.1 Å². The molecular formula is C11H10BrNS. The molecule has 0 aliphatic rings. The van der Waals surface area contributed by atoms with E-state index in [-0.39, 0.29) is 0 Å². The Kier molecular flexibility index (Phi) is 2.61. The summed E-state index contributed by atoms with van der Waals surface area (Å²) in [4.78, 5) is 1.27. The average molecular weight is 268 g/mol. The number of nitrogen functional groups attached to an aromatic ring is 1. The van der Waals surface area contributed by atoms with Crippen molar-refractivity contribution in [1.82, 2.24) is 0 Å². The van der Waals surface area contributed by atoms with Crippen LogP contribution in [0.2, 0.25) is 0 Å². The number of nitrogens with two attached hydrogens (primary N) is 1. The quantitative estimate of drug-likeness (QED) is 0.829. The van der Waals surface area contributed by atoms with Crippen molar-refractivity contribution in [3.63, 3.8) is 0 Å². The maximum absolute atomic E-state index is 5.91. The van der Waals surface area contributed by atoms with Crippen LogP contribution in [0.15, 0.2) is 34.1 Å². The van der Waals surface area contributed by atoms with Crippen LogP contribution in [0.1, 0.15) is 4.88 Å². The topological polar surface area (TPSA) is 26.0 Å². The standard InChI is InChI=1S/C11H10BrNS/c1-7-11(10(13)6-14-7)8-2-4-9(12)5-3-8/h2-6H,13H2,1H3. The van der Waals surface area contributed by atoms with E-state index in [0.717, 1.165) is 10.2 Å². The van der Waals surface area contributed by atoms with Gasteiger partial charge in [-0.1, -0.05) is 28.1 Å². The van der Waals surface area contributed by atoms with Gasteiger partial charge in [0.1, 0.15) is 0 Å². The predicted octanol–water partition coefficient (Wildman–Crippen LogP) is 4.07. The first-order valence-electron chi connectivity index (χ1n) is 4.28. The van der Waals surface area contributed by atoms with Crippen molar-refractivity contribution in [2.45, 2.75) is 6.92 Å². The number of aryl methyl sites for hydroxylation is 1. The maximum Gasteiger partial charge on any atom is 0.0505 e. The molecule has 0 aliphatic carbocycles. The zero-order valence-electron chi connectivity index (χ0n) is 7.75. The fraction of sp³-hybridized carbons (Fsp3) is 0.0909. The van der Waals surface area contributed by atoms with Crippen LogP contribution >= 0.6 is 27.3 Å². The van der Waals surface area contributed by atoms with Crippen LogP contribution in [0.4, 0.5) is 5.69 Å². The van der Waals surface area contributed by atoms with Crippen LogP contribution in [-0.4, -0.2) is 0 Å². The van der Waals surface area contributed by atoms with Gasteiger partial charge in [0.25, 0.3) is 0 Å². The number of anilines is 1. The fourth-order valence-electron chi connectivity index (χ4n) is 1.46. The molecule has 0 radical (unpaired) electrons. The van der Waals surface area contributed by atoms with Gasteiger partial charge in [-0.05, 0) is 24.6 Å². The first-order chi connectivity index (χ1) is 6.68. The van der Waals surface area contributed by atoms with Gasteiger partial charge in [-0.2, -0.15) is 0 Å². The minimum Gasteiger partial charge on any atom is -0.398 e. The maximum atomic E-state index is 5.91. The highest BCUT2D eigenvalue weighted by Crippen LogP contribution is 2.34. The van der Waals surface area contributed by atoms with E-state index in [2.05, 4.69) is 35.0 Å². The summed E-state index contributed by atoms with van der Waals surface area (Å²) < 4.78 is 1.09. The smallest absolute Gasteiger partial charge is 0.0505 e. The van der Waals surface area contributed by atoms with Crippen molar-refractivity contribution in [2.75, 3.05) is 5.73 Å². The van der Waals surface area contributed by atoms with Gasteiger partial charge in [-0.3, -0.25) is 0 Å². The third kappa shape index (κ3) is 1.70. The second kappa shape index (κ2) is 3.75. The van der Waals surface area contributed by atoms with Crippen LogP contribution in [0.3, 0.4) is 0 Å². The Hall–Kier alpha value is -0.800. The molecule has 72 valence electrons. The Morgan fingerprint density at radius 1 is 1.21 bits per heavy atom. The Labute approximate surface area is 95.7 Å². The lowest BCUT2D eigenvalue weighted by atomic mass is 10.1. The van der Waals surface area contributed by atoms with E-state index >= 15 is 0 Å². The number of halogens is 1. The molecule has 0 saturated carbocycles. The Balaban J connectivity index is 2.54. The normalized spacial score (nSPS) is 10.4. The number of benzene rings is 1. The molecule has 1 aromatic carbocycles. The zero-order chi connectivity index (χ0) is 10.1. The van der Waals surface area contributed by atoms with Crippen LogP contribution in [0, 0.1) is 6.92 Å². The highest BCUT2D eigenvalue weighted by atomic mass is 79.9. The van der Waals surface area contributed by atoms with Crippen molar-refractivity contribution in [3.05, 3.63) is 39.0 Å². The highest BCUT2D eigenvalue weighted by Gasteiger charge is 2.07. The van der Waals surface area contributed by atoms with Gasteiger partial charge >= 0.3 is 0 Å². The number of hydrogen-bond acceptors (Lipinski definition) is 2. The van der Waals surface area contributed by atoms with Gasteiger partial charge in [0.15, 0.2) is 0 Å². The third-order valence-electron chi connectivity index (χ3n) is 2.14. The van der Waals surface area contributed by atoms with Gasteiger partial charge < -0.3 is 5.73 Å². The molecule has 0 aliphatic heterocycles. The summed E-state index contributed by atoms with van der Waals surface area (Å²) in [6.45, 7) is 2.10. The minimum atomic E-state index is 0.870. The molecule has 1 nitrogen and oxygen atoms in total. The van der Waals surface area contributed by atoms with Gasteiger partial charge in [0.2, 0.25) is 0 Å². The van der Waals surface area contributed by atoms with Gasteiger partial charge in [0.05, 0.1) is 5.69 Å². The highest BCUT2D eigenvalue weighted by molar-refractivity contribution is 9.10. The SMILES string of the molecule is Cc1scc(N)c1-c1ccc(Br)cc1. The molecule has 1 aromatic heterocycles. The molecule has 0 amide bonds. The third-order valence-corrected chi connectivity index (χ3v) is 3.59. The molecule has 0 bridgehead atoms. The molecular weight excluding hydrogens is 258 g/mol. The molecule has 3 heteroatoms. The van der Waals surface area contributed by atoms with Crippen LogP contribution < -0.4 is 5.73 Å². The Bertz CT molecular complexity index is 425. The lowest BCUT2D eigenvalue weighted by Gasteiger charge is -2.02. The Morgan fingerprint density at radius 3 is 2.36 bits per heavy atom. The number of thiophene rings is 1. The molecule has 0 atom stereocenters. The van der Waals surface area contributed by atoms with E-state index in [4.69, 9.17) is 5.73 Å². The molecule has 2 aromatic rings. The van der Waals surface area contributed by atoms with Crippen LogP contribution in [0.5, 0.6) is 0 Å². The summed E-state index contributed by atoms with van der Waals surface area (Å²) in [5.41, 5.74) is 9.13. The molecule has 0 fully saturated rings. The lowest BCUT2D eigenvalue weighted by Crippen LogP contribution is -1.86. The second-order valence-electron chi connectivity index (χ2n) is 3.13. The molecule has 2 rings (SSSR count). The largest absolute Gasteiger partial charge is 0.398 e. The summed E-state index contributed by atoms with van der Waals surface area (Å²) in [6.07, 6.45) is 0. The van der Waals surface area contributed by atoms with E-state index in [9.17, 15) is 0 Å². The average Bonchev–Trinajstić information content (AvgIpc) is 2.49. The number of hydrogen-bond donors (Lipinski definition) is 1. The molecule has 14 heavy (non-hydrogen) atoms. The van der Waals surface area contributed by atoms with E-state index in [1.807, 2.05) is 17.5 Å². The lowest BCUT2D eigenvalue weighted by molar-refractivity contribution is 1.57. The number of rotatable bonds is 1. The van der Waals surface area contributed by atoms with Crippen molar-refractivity contribution in [2.24, 2.45) is 0 Å². The van der Waals surface area contributed by atoms with Crippen LogP contribution in [-0.2, 0) is 0 Å². The summed E-state index contributed by atoms with van der Waals surface area (Å²) >= 11 is 5.11. The van der Waals surface area contributed by atoms with Gasteiger partial charge in [0, 0.05) is 20.3 Å². The summed E-state index contributed by atoms with van der Waals surface area (Å²) in [7, 11) is 0. The van der Waals surface area contributed by atoms with Gasteiger partial charge in [-0.15, -0.1) is 11.3 Å².